The largest absolute Gasteiger partial charge is 0.370 e. The molecule has 1 aliphatic rings. The van der Waals surface area contributed by atoms with E-state index < -0.39 is 10.0 Å². The Bertz CT molecular complexity index is 717. The predicted molar refractivity (Wildman–Crippen MR) is 131 cm³/mol. The lowest BCUT2D eigenvalue weighted by molar-refractivity contribution is 0.278. The predicted octanol–water partition coefficient (Wildman–Crippen LogP) is 3.82. The molecule has 0 spiro atoms. The molecule has 6 nitrogen and oxygen atoms in total. The van der Waals surface area contributed by atoms with E-state index in [0.717, 1.165) is 25.2 Å². The molecule has 1 saturated heterocycles. The molecular formula is C21H37IN4O2S. The molecule has 1 atom stereocenters. The lowest BCUT2D eigenvalue weighted by Gasteiger charge is -2.30. The molecule has 1 fully saturated rings. The molecule has 0 aliphatic carbocycles. The first-order valence-corrected chi connectivity index (χ1v) is 11.8. The Morgan fingerprint density at radius 3 is 2.38 bits per heavy atom. The maximum Gasteiger partial charge on any atom is 0.243 e. The number of nitrogens with zero attached hydrogens (tertiary/aromatic N) is 2. The van der Waals surface area contributed by atoms with Crippen LogP contribution in [0.1, 0.15) is 52.9 Å². The van der Waals surface area contributed by atoms with Gasteiger partial charge in [0, 0.05) is 25.7 Å². The van der Waals surface area contributed by atoms with E-state index in [1.807, 2.05) is 6.07 Å². The Hall–Kier alpha value is -0.870. The van der Waals surface area contributed by atoms with Crippen molar-refractivity contribution in [2.75, 3.05) is 19.6 Å². The Kier molecular flexibility index (Phi) is 11.5. The fourth-order valence-electron chi connectivity index (χ4n) is 3.50. The van der Waals surface area contributed by atoms with Crippen molar-refractivity contribution in [3.63, 3.8) is 0 Å². The van der Waals surface area contributed by atoms with Gasteiger partial charge in [0.15, 0.2) is 5.96 Å². The van der Waals surface area contributed by atoms with Crippen LogP contribution < -0.4 is 11.1 Å². The number of halogens is 1. The maximum atomic E-state index is 12.7. The second-order valence-electron chi connectivity index (χ2n) is 8.26. The molecule has 29 heavy (non-hydrogen) atoms. The average Bonchev–Trinajstić information content (AvgIpc) is 2.67. The van der Waals surface area contributed by atoms with Crippen LogP contribution in [0.2, 0.25) is 0 Å². The van der Waals surface area contributed by atoms with Crippen LogP contribution in [-0.2, 0) is 10.0 Å². The number of nitrogens with one attached hydrogen (secondary N) is 1. The SMILES string of the molecule is CC(C)CCCC(C)NC(N)=NCC1CCN(S(=O)(=O)c2ccccc2)CC1.I. The highest BCUT2D eigenvalue weighted by Crippen LogP contribution is 2.23. The van der Waals surface area contributed by atoms with Gasteiger partial charge in [0.25, 0.3) is 0 Å². The lowest BCUT2D eigenvalue weighted by Crippen LogP contribution is -2.40. The van der Waals surface area contributed by atoms with Gasteiger partial charge in [-0.25, -0.2) is 8.42 Å². The molecule has 166 valence electrons. The van der Waals surface area contributed by atoms with E-state index in [-0.39, 0.29) is 24.0 Å². The normalized spacial score (nSPS) is 17.7. The van der Waals surface area contributed by atoms with E-state index in [4.69, 9.17) is 5.73 Å². The van der Waals surface area contributed by atoms with Crippen molar-refractivity contribution in [2.24, 2.45) is 22.6 Å². The Labute approximate surface area is 193 Å². The van der Waals surface area contributed by atoms with Gasteiger partial charge >= 0.3 is 0 Å². The minimum atomic E-state index is -3.39. The summed E-state index contributed by atoms with van der Waals surface area (Å²) < 4.78 is 26.9. The molecule has 1 unspecified atom stereocenters. The molecule has 8 heteroatoms. The molecular weight excluding hydrogens is 499 g/mol. The molecule has 0 saturated carbocycles. The molecule has 1 aromatic carbocycles. The molecule has 0 aromatic heterocycles. The Morgan fingerprint density at radius 1 is 1.17 bits per heavy atom. The third-order valence-corrected chi connectivity index (χ3v) is 7.20. The molecule has 2 rings (SSSR count). The van der Waals surface area contributed by atoms with E-state index in [2.05, 4.69) is 31.1 Å². The summed E-state index contributed by atoms with van der Waals surface area (Å²) in [5.74, 6) is 1.60. The number of nitrogens with two attached hydrogens (primary N) is 1. The Morgan fingerprint density at radius 2 is 1.79 bits per heavy atom. The van der Waals surface area contributed by atoms with Crippen molar-refractivity contribution >= 4 is 40.0 Å². The van der Waals surface area contributed by atoms with Crippen molar-refractivity contribution in [1.29, 1.82) is 0 Å². The molecule has 0 bridgehead atoms. The summed E-state index contributed by atoms with van der Waals surface area (Å²) in [4.78, 5) is 4.86. The minimum Gasteiger partial charge on any atom is -0.370 e. The summed E-state index contributed by atoms with van der Waals surface area (Å²) in [5.41, 5.74) is 6.03. The standard InChI is InChI=1S/C21H36N4O2S.HI/c1-17(2)8-7-9-18(3)24-21(22)23-16-19-12-14-25(15-13-19)28(26,27)20-10-5-4-6-11-20;/h4-6,10-11,17-19H,7-9,12-16H2,1-3H3,(H3,22,23,24);1H. The number of hydrogen-bond donors (Lipinski definition) is 2. The van der Waals surface area contributed by atoms with Gasteiger partial charge in [0.2, 0.25) is 10.0 Å². The van der Waals surface area contributed by atoms with Crippen molar-refractivity contribution in [1.82, 2.24) is 9.62 Å². The van der Waals surface area contributed by atoms with Gasteiger partial charge in [-0.15, -0.1) is 24.0 Å². The molecule has 1 heterocycles. The van der Waals surface area contributed by atoms with Gasteiger partial charge < -0.3 is 11.1 Å². The molecule has 1 aliphatic heterocycles. The first-order valence-electron chi connectivity index (χ1n) is 10.4. The summed E-state index contributed by atoms with van der Waals surface area (Å²) in [7, 11) is -3.39. The molecule has 3 N–H and O–H groups in total. The summed E-state index contributed by atoms with van der Waals surface area (Å²) in [6.45, 7) is 8.34. The number of sulfonamides is 1. The fraction of sp³-hybridized carbons (Fsp3) is 0.667. The van der Waals surface area contributed by atoms with Gasteiger partial charge in [-0.2, -0.15) is 4.31 Å². The highest BCUT2D eigenvalue weighted by molar-refractivity contribution is 14.0. The van der Waals surface area contributed by atoms with Crippen molar-refractivity contribution < 1.29 is 8.42 Å². The van der Waals surface area contributed by atoms with Crippen LogP contribution in [0.25, 0.3) is 0 Å². The fourth-order valence-corrected chi connectivity index (χ4v) is 4.99. The Balaban J connectivity index is 0.00000420. The summed E-state index contributed by atoms with van der Waals surface area (Å²) in [6, 6.07) is 8.97. The summed E-state index contributed by atoms with van der Waals surface area (Å²) in [6.07, 6.45) is 5.13. The molecule has 0 amide bonds. The minimum absolute atomic E-state index is 0. The monoisotopic (exact) mass is 536 g/mol. The molecule has 0 radical (unpaired) electrons. The number of rotatable bonds is 9. The topological polar surface area (TPSA) is 87.8 Å². The van der Waals surface area contributed by atoms with Crippen LogP contribution in [0.3, 0.4) is 0 Å². The van der Waals surface area contributed by atoms with E-state index in [0.29, 0.717) is 42.4 Å². The number of benzene rings is 1. The summed E-state index contributed by atoms with van der Waals surface area (Å²) >= 11 is 0. The van der Waals surface area contributed by atoms with Crippen molar-refractivity contribution in [3.8, 4) is 0 Å². The van der Waals surface area contributed by atoms with E-state index in [1.54, 1.807) is 28.6 Å². The highest BCUT2D eigenvalue weighted by atomic mass is 127. The third kappa shape index (κ3) is 8.80. The van der Waals surface area contributed by atoms with Gasteiger partial charge in [0.1, 0.15) is 0 Å². The van der Waals surface area contributed by atoms with Gasteiger partial charge in [-0.1, -0.05) is 44.9 Å². The number of piperidine rings is 1. The first kappa shape index (κ1) is 26.2. The van der Waals surface area contributed by atoms with Crippen LogP contribution >= 0.6 is 24.0 Å². The highest BCUT2D eigenvalue weighted by Gasteiger charge is 2.29. The summed E-state index contributed by atoms with van der Waals surface area (Å²) in [5, 5.41) is 3.27. The second kappa shape index (κ2) is 12.7. The smallest absolute Gasteiger partial charge is 0.243 e. The zero-order chi connectivity index (χ0) is 20.6. The zero-order valence-corrected chi connectivity index (χ0v) is 21.0. The van der Waals surface area contributed by atoms with E-state index >= 15 is 0 Å². The van der Waals surface area contributed by atoms with Crippen LogP contribution in [0, 0.1) is 11.8 Å². The van der Waals surface area contributed by atoms with Gasteiger partial charge in [0.05, 0.1) is 4.90 Å². The van der Waals surface area contributed by atoms with Crippen molar-refractivity contribution in [2.45, 2.75) is 63.8 Å². The number of aliphatic imine (C=N–C) groups is 1. The maximum absolute atomic E-state index is 12.7. The van der Waals surface area contributed by atoms with Crippen LogP contribution in [0.15, 0.2) is 40.2 Å². The third-order valence-electron chi connectivity index (χ3n) is 5.29. The number of guanidine groups is 1. The molecule has 1 aromatic rings. The van der Waals surface area contributed by atoms with Gasteiger partial charge in [-0.3, -0.25) is 4.99 Å². The number of hydrogen-bond acceptors (Lipinski definition) is 3. The van der Waals surface area contributed by atoms with E-state index in [9.17, 15) is 8.42 Å². The quantitative estimate of drug-likeness (QED) is 0.285. The van der Waals surface area contributed by atoms with Crippen LogP contribution in [-0.4, -0.2) is 44.4 Å². The van der Waals surface area contributed by atoms with Crippen molar-refractivity contribution in [3.05, 3.63) is 30.3 Å². The average molecular weight is 537 g/mol. The van der Waals surface area contributed by atoms with Gasteiger partial charge in [-0.05, 0) is 50.2 Å². The zero-order valence-electron chi connectivity index (χ0n) is 17.9. The van der Waals surface area contributed by atoms with Crippen LogP contribution in [0.5, 0.6) is 0 Å². The first-order chi connectivity index (χ1) is 13.3. The second-order valence-corrected chi connectivity index (χ2v) is 10.2. The lowest BCUT2D eigenvalue weighted by atomic mass is 9.98. The van der Waals surface area contributed by atoms with Crippen LogP contribution in [0.4, 0.5) is 0 Å². The van der Waals surface area contributed by atoms with E-state index in [1.165, 1.54) is 12.8 Å².